The summed E-state index contributed by atoms with van der Waals surface area (Å²) in [6.45, 7) is 3.68. The van der Waals surface area contributed by atoms with Crippen LogP contribution in [0, 0.1) is 5.92 Å². The summed E-state index contributed by atoms with van der Waals surface area (Å²) in [6.07, 6.45) is -4.41. The summed E-state index contributed by atoms with van der Waals surface area (Å²) in [6, 6.07) is 4.56. The Kier molecular flexibility index (Phi) is 4.78. The van der Waals surface area contributed by atoms with Crippen LogP contribution in [0.3, 0.4) is 0 Å². The van der Waals surface area contributed by atoms with Gasteiger partial charge in [-0.15, -0.1) is 0 Å². The van der Waals surface area contributed by atoms with Crippen molar-refractivity contribution in [3.8, 4) is 0 Å². The van der Waals surface area contributed by atoms with Crippen LogP contribution >= 0.6 is 15.9 Å². The van der Waals surface area contributed by atoms with Crippen LogP contribution in [0.4, 0.5) is 18.9 Å². The normalized spacial score (nSPS) is 13.5. The fourth-order valence-corrected chi connectivity index (χ4v) is 1.40. The van der Waals surface area contributed by atoms with Crippen molar-refractivity contribution >= 4 is 27.5 Å². The zero-order chi connectivity index (χ0) is 13.9. The number of hydrogen-bond donors (Lipinski definition) is 1. The van der Waals surface area contributed by atoms with Gasteiger partial charge in [0.05, 0.1) is 10.4 Å². The molecule has 0 saturated carbocycles. The largest absolute Gasteiger partial charge is 0.416 e. The van der Waals surface area contributed by atoms with E-state index in [4.69, 9.17) is 0 Å². The molecule has 1 rings (SSSR count). The Balaban J connectivity index is 2.83. The van der Waals surface area contributed by atoms with Gasteiger partial charge in [-0.2, -0.15) is 13.2 Å². The van der Waals surface area contributed by atoms with Crippen LogP contribution in [-0.4, -0.2) is 10.7 Å². The number of benzene rings is 1. The second-order valence-corrected chi connectivity index (χ2v) is 5.20. The highest BCUT2D eigenvalue weighted by atomic mass is 79.9. The minimum Gasteiger partial charge on any atom is -0.325 e. The number of carbonyl (C=O) groups excluding carboxylic acids is 1. The van der Waals surface area contributed by atoms with Gasteiger partial charge in [0.25, 0.3) is 0 Å². The Morgan fingerprint density at radius 2 is 1.94 bits per heavy atom. The highest BCUT2D eigenvalue weighted by Gasteiger charge is 2.30. The van der Waals surface area contributed by atoms with Gasteiger partial charge in [-0.25, -0.2) is 0 Å². The number of halogens is 4. The van der Waals surface area contributed by atoms with Gasteiger partial charge in [-0.05, 0) is 24.1 Å². The Morgan fingerprint density at radius 3 is 2.44 bits per heavy atom. The number of anilines is 1. The van der Waals surface area contributed by atoms with Crippen molar-refractivity contribution in [3.63, 3.8) is 0 Å². The molecule has 0 aromatic heterocycles. The van der Waals surface area contributed by atoms with Crippen molar-refractivity contribution in [1.29, 1.82) is 0 Å². The van der Waals surface area contributed by atoms with Gasteiger partial charge in [-0.3, -0.25) is 4.79 Å². The van der Waals surface area contributed by atoms with E-state index < -0.39 is 16.6 Å². The molecule has 0 heterocycles. The molecule has 0 aliphatic heterocycles. The molecule has 0 aliphatic rings. The van der Waals surface area contributed by atoms with E-state index >= 15 is 0 Å². The summed E-state index contributed by atoms with van der Waals surface area (Å²) < 4.78 is 37.4. The number of amides is 1. The molecular weight excluding hydrogens is 311 g/mol. The Hall–Kier alpha value is -1.04. The van der Waals surface area contributed by atoms with Gasteiger partial charge >= 0.3 is 6.18 Å². The summed E-state index contributed by atoms with van der Waals surface area (Å²) in [5.41, 5.74) is -0.643. The van der Waals surface area contributed by atoms with Crippen molar-refractivity contribution in [2.75, 3.05) is 5.32 Å². The van der Waals surface area contributed by atoms with Crippen molar-refractivity contribution < 1.29 is 18.0 Å². The van der Waals surface area contributed by atoms with Gasteiger partial charge in [0.1, 0.15) is 0 Å². The van der Waals surface area contributed by atoms with Gasteiger partial charge in [0.2, 0.25) is 5.91 Å². The predicted molar refractivity (Wildman–Crippen MR) is 67.6 cm³/mol. The zero-order valence-electron chi connectivity index (χ0n) is 9.88. The molecule has 1 aromatic rings. The van der Waals surface area contributed by atoms with Crippen LogP contribution < -0.4 is 5.32 Å². The monoisotopic (exact) mass is 323 g/mol. The quantitative estimate of drug-likeness (QED) is 0.835. The van der Waals surface area contributed by atoms with Crippen LogP contribution in [0.5, 0.6) is 0 Å². The molecule has 0 saturated heterocycles. The van der Waals surface area contributed by atoms with E-state index in [2.05, 4.69) is 21.2 Å². The molecule has 0 fully saturated rings. The Morgan fingerprint density at radius 1 is 1.33 bits per heavy atom. The second-order valence-electron chi connectivity index (χ2n) is 4.21. The van der Waals surface area contributed by atoms with Crippen molar-refractivity contribution in [2.24, 2.45) is 5.92 Å². The van der Waals surface area contributed by atoms with E-state index in [0.29, 0.717) is 0 Å². The molecule has 1 amide bonds. The Bertz CT molecular complexity index is 432. The zero-order valence-corrected chi connectivity index (χ0v) is 11.5. The highest BCUT2D eigenvalue weighted by molar-refractivity contribution is 9.10. The first-order chi connectivity index (χ1) is 8.21. The van der Waals surface area contributed by atoms with E-state index in [9.17, 15) is 18.0 Å². The lowest BCUT2D eigenvalue weighted by Gasteiger charge is -2.14. The lowest BCUT2D eigenvalue weighted by molar-refractivity contribution is -0.137. The average Bonchev–Trinajstić information content (AvgIpc) is 2.27. The maximum Gasteiger partial charge on any atom is 0.416 e. The van der Waals surface area contributed by atoms with Crippen LogP contribution in [0.25, 0.3) is 0 Å². The third kappa shape index (κ3) is 4.01. The molecule has 1 N–H and O–H groups in total. The first-order valence-electron chi connectivity index (χ1n) is 5.34. The SMILES string of the molecule is CC(C)[C@@H](Br)C(=O)Nc1cccc(C(F)(F)F)c1. The summed E-state index contributed by atoms with van der Waals surface area (Å²) >= 11 is 3.19. The van der Waals surface area contributed by atoms with Gasteiger partial charge < -0.3 is 5.32 Å². The molecule has 1 aromatic carbocycles. The Labute approximate surface area is 112 Å². The summed E-state index contributed by atoms with van der Waals surface area (Å²) in [4.78, 5) is 11.2. The van der Waals surface area contributed by atoms with Crippen molar-refractivity contribution in [1.82, 2.24) is 0 Å². The first-order valence-corrected chi connectivity index (χ1v) is 6.25. The first kappa shape index (κ1) is 15.0. The molecule has 18 heavy (non-hydrogen) atoms. The van der Waals surface area contributed by atoms with Crippen molar-refractivity contribution in [2.45, 2.75) is 24.9 Å². The summed E-state index contributed by atoms with van der Waals surface area (Å²) in [7, 11) is 0. The summed E-state index contributed by atoms with van der Waals surface area (Å²) in [5, 5.41) is 2.45. The fraction of sp³-hybridized carbons (Fsp3) is 0.417. The van der Waals surface area contributed by atoms with Crippen LogP contribution in [0.1, 0.15) is 19.4 Å². The van der Waals surface area contributed by atoms with E-state index in [1.165, 1.54) is 12.1 Å². The molecule has 2 nitrogen and oxygen atoms in total. The lowest BCUT2D eigenvalue weighted by atomic mass is 10.1. The average molecular weight is 324 g/mol. The number of alkyl halides is 4. The number of carbonyl (C=O) groups is 1. The molecule has 0 unspecified atom stereocenters. The van der Waals surface area contributed by atoms with E-state index in [1.54, 1.807) is 0 Å². The van der Waals surface area contributed by atoms with E-state index in [1.807, 2.05) is 13.8 Å². The maximum absolute atomic E-state index is 12.5. The third-order valence-electron chi connectivity index (χ3n) is 2.29. The van der Waals surface area contributed by atoms with Gasteiger partial charge in [-0.1, -0.05) is 35.8 Å². The molecule has 6 heteroatoms. The number of nitrogens with one attached hydrogen (secondary N) is 1. The summed E-state index contributed by atoms with van der Waals surface area (Å²) in [5.74, 6) is -0.305. The number of hydrogen-bond acceptors (Lipinski definition) is 1. The molecule has 0 aliphatic carbocycles. The minimum absolute atomic E-state index is 0.0517. The molecule has 100 valence electrons. The molecule has 1 atom stereocenters. The number of rotatable bonds is 3. The topological polar surface area (TPSA) is 29.1 Å². The van der Waals surface area contributed by atoms with Crippen LogP contribution in [-0.2, 0) is 11.0 Å². The van der Waals surface area contributed by atoms with E-state index in [0.717, 1.165) is 12.1 Å². The highest BCUT2D eigenvalue weighted by Crippen LogP contribution is 2.30. The third-order valence-corrected chi connectivity index (χ3v) is 3.77. The van der Waals surface area contributed by atoms with Gasteiger partial charge in [0, 0.05) is 5.69 Å². The second kappa shape index (κ2) is 5.73. The van der Waals surface area contributed by atoms with Crippen LogP contribution in [0.2, 0.25) is 0 Å². The van der Waals surface area contributed by atoms with E-state index in [-0.39, 0.29) is 17.5 Å². The lowest BCUT2D eigenvalue weighted by Crippen LogP contribution is -2.27. The molecule has 0 radical (unpaired) electrons. The minimum atomic E-state index is -4.41. The smallest absolute Gasteiger partial charge is 0.325 e. The molecule has 0 bridgehead atoms. The maximum atomic E-state index is 12.5. The van der Waals surface area contributed by atoms with Crippen LogP contribution in [0.15, 0.2) is 24.3 Å². The van der Waals surface area contributed by atoms with Crippen molar-refractivity contribution in [3.05, 3.63) is 29.8 Å². The fourth-order valence-electron chi connectivity index (χ4n) is 1.29. The molecule has 0 spiro atoms. The molecular formula is C12H13BrF3NO. The van der Waals surface area contributed by atoms with Gasteiger partial charge in [0.15, 0.2) is 0 Å². The standard InChI is InChI=1S/C12H13BrF3NO/c1-7(2)10(13)11(18)17-9-5-3-4-8(6-9)12(14,15)16/h3-7,10H,1-2H3,(H,17,18)/t10-/m1/s1. The predicted octanol–water partition coefficient (Wildman–Crippen LogP) is 4.06.